The standard InChI is InChI=1S/C19H34N6O/c1-23(2)19-20-13-17(24(19)3)14-25-11-9-16(10-12-25)22-18(26)21-15-7-5-4-6-8-15/h13,15-16H,4-12,14H2,1-3H3,(H2,21,22,26). The third kappa shape index (κ3) is 4.90. The predicted octanol–water partition coefficient (Wildman–Crippen LogP) is 2.08. The third-order valence-corrected chi connectivity index (χ3v) is 5.71. The first-order chi connectivity index (χ1) is 12.5. The molecule has 2 amide bonds. The topological polar surface area (TPSA) is 65.4 Å². The molecule has 2 heterocycles. The van der Waals surface area contributed by atoms with Gasteiger partial charge in [-0.1, -0.05) is 19.3 Å². The molecule has 1 saturated carbocycles. The summed E-state index contributed by atoms with van der Waals surface area (Å²) in [5.41, 5.74) is 1.23. The maximum atomic E-state index is 12.2. The zero-order chi connectivity index (χ0) is 18.5. The van der Waals surface area contributed by atoms with E-state index in [2.05, 4.69) is 32.1 Å². The number of nitrogens with one attached hydrogen (secondary N) is 2. The fraction of sp³-hybridized carbons (Fsp3) is 0.789. The fourth-order valence-corrected chi connectivity index (χ4v) is 4.12. The average molecular weight is 363 g/mol. The summed E-state index contributed by atoms with van der Waals surface area (Å²) in [6.07, 6.45) is 10.0. The Labute approximate surface area is 157 Å². The number of amides is 2. The zero-order valence-corrected chi connectivity index (χ0v) is 16.5. The number of carbonyl (C=O) groups is 1. The molecule has 1 aliphatic heterocycles. The molecule has 146 valence electrons. The summed E-state index contributed by atoms with van der Waals surface area (Å²) in [5.74, 6) is 0.982. The van der Waals surface area contributed by atoms with Crippen molar-refractivity contribution in [2.75, 3.05) is 32.1 Å². The van der Waals surface area contributed by atoms with Crippen molar-refractivity contribution >= 4 is 12.0 Å². The predicted molar refractivity (Wildman–Crippen MR) is 104 cm³/mol. The van der Waals surface area contributed by atoms with Crippen molar-refractivity contribution in [3.63, 3.8) is 0 Å². The molecule has 2 fully saturated rings. The van der Waals surface area contributed by atoms with E-state index in [1.165, 1.54) is 25.0 Å². The maximum absolute atomic E-state index is 12.2. The van der Waals surface area contributed by atoms with Crippen molar-refractivity contribution in [1.82, 2.24) is 25.1 Å². The SMILES string of the molecule is CN(C)c1ncc(CN2CCC(NC(=O)NC3CCCCC3)CC2)n1C. The van der Waals surface area contributed by atoms with Crippen molar-refractivity contribution in [1.29, 1.82) is 0 Å². The minimum Gasteiger partial charge on any atom is -0.348 e. The van der Waals surface area contributed by atoms with E-state index in [1.54, 1.807) is 0 Å². The first kappa shape index (κ1) is 19.0. The van der Waals surface area contributed by atoms with Gasteiger partial charge in [0.1, 0.15) is 0 Å². The molecule has 0 radical (unpaired) electrons. The van der Waals surface area contributed by atoms with Gasteiger partial charge in [-0.25, -0.2) is 9.78 Å². The molecule has 7 nitrogen and oxygen atoms in total. The first-order valence-electron chi connectivity index (χ1n) is 10.00. The van der Waals surface area contributed by atoms with Crippen molar-refractivity contribution in [3.8, 4) is 0 Å². The van der Waals surface area contributed by atoms with Crippen LogP contribution in [0.1, 0.15) is 50.6 Å². The van der Waals surface area contributed by atoms with Crippen molar-refractivity contribution in [2.45, 2.75) is 63.6 Å². The molecule has 2 aliphatic rings. The normalized spacial score (nSPS) is 20.1. The summed E-state index contributed by atoms with van der Waals surface area (Å²) in [4.78, 5) is 21.2. The molecule has 3 rings (SSSR count). The van der Waals surface area contributed by atoms with Gasteiger partial charge in [-0.05, 0) is 25.7 Å². The Morgan fingerprint density at radius 3 is 2.31 bits per heavy atom. The summed E-state index contributed by atoms with van der Waals surface area (Å²) >= 11 is 0. The van der Waals surface area contributed by atoms with E-state index in [4.69, 9.17) is 0 Å². The Kier molecular flexibility index (Phi) is 6.40. The summed E-state index contributed by atoms with van der Waals surface area (Å²) < 4.78 is 2.15. The molecule has 1 aliphatic carbocycles. The molecular formula is C19H34N6O. The van der Waals surface area contributed by atoms with Gasteiger partial charge in [-0.15, -0.1) is 0 Å². The van der Waals surface area contributed by atoms with E-state index in [9.17, 15) is 4.79 Å². The van der Waals surface area contributed by atoms with Crippen LogP contribution in [0.4, 0.5) is 10.7 Å². The van der Waals surface area contributed by atoms with Gasteiger partial charge >= 0.3 is 6.03 Å². The van der Waals surface area contributed by atoms with Crippen molar-refractivity contribution in [3.05, 3.63) is 11.9 Å². The lowest BCUT2D eigenvalue weighted by atomic mass is 9.96. The number of likely N-dealkylation sites (tertiary alicyclic amines) is 1. The number of hydrogen-bond acceptors (Lipinski definition) is 4. The molecule has 1 aromatic heterocycles. The second-order valence-corrected chi connectivity index (χ2v) is 8.01. The highest BCUT2D eigenvalue weighted by Gasteiger charge is 2.23. The van der Waals surface area contributed by atoms with E-state index >= 15 is 0 Å². The molecule has 0 spiro atoms. The number of piperidine rings is 1. The Balaban J connectivity index is 1.40. The molecule has 0 atom stereocenters. The Morgan fingerprint density at radius 2 is 1.73 bits per heavy atom. The lowest BCUT2D eigenvalue weighted by Gasteiger charge is -2.33. The molecule has 1 aromatic rings. The van der Waals surface area contributed by atoms with Gasteiger partial charge in [-0.3, -0.25) is 4.90 Å². The van der Waals surface area contributed by atoms with Gasteiger partial charge in [0.2, 0.25) is 5.95 Å². The minimum absolute atomic E-state index is 0.0256. The average Bonchev–Trinajstić information content (AvgIpc) is 2.98. The largest absolute Gasteiger partial charge is 0.348 e. The second-order valence-electron chi connectivity index (χ2n) is 8.01. The monoisotopic (exact) mass is 362 g/mol. The Morgan fingerprint density at radius 1 is 1.12 bits per heavy atom. The number of anilines is 1. The molecule has 0 aromatic carbocycles. The molecule has 2 N–H and O–H groups in total. The lowest BCUT2D eigenvalue weighted by molar-refractivity contribution is 0.182. The van der Waals surface area contributed by atoms with Crippen LogP contribution in [0.2, 0.25) is 0 Å². The Bertz CT molecular complexity index is 585. The molecule has 26 heavy (non-hydrogen) atoms. The van der Waals surface area contributed by atoms with E-state index in [0.29, 0.717) is 12.1 Å². The van der Waals surface area contributed by atoms with Gasteiger partial charge in [-0.2, -0.15) is 0 Å². The second kappa shape index (κ2) is 8.75. The highest BCUT2D eigenvalue weighted by atomic mass is 16.2. The van der Waals surface area contributed by atoms with Gasteiger partial charge in [0.05, 0.1) is 11.9 Å². The van der Waals surface area contributed by atoms with Crippen LogP contribution in [0.25, 0.3) is 0 Å². The highest BCUT2D eigenvalue weighted by Crippen LogP contribution is 2.18. The molecule has 0 bridgehead atoms. The summed E-state index contributed by atoms with van der Waals surface area (Å²) in [6, 6.07) is 0.691. The van der Waals surface area contributed by atoms with Crippen LogP contribution in [0, 0.1) is 0 Å². The number of hydrogen-bond donors (Lipinski definition) is 2. The van der Waals surface area contributed by atoms with Gasteiger partial charge < -0.3 is 20.1 Å². The zero-order valence-electron chi connectivity index (χ0n) is 16.5. The number of imidazole rings is 1. The Hall–Kier alpha value is -1.76. The van der Waals surface area contributed by atoms with Crippen LogP contribution in [0.3, 0.4) is 0 Å². The number of aromatic nitrogens is 2. The van der Waals surface area contributed by atoms with E-state index in [1.807, 2.05) is 25.2 Å². The highest BCUT2D eigenvalue weighted by molar-refractivity contribution is 5.74. The summed E-state index contributed by atoms with van der Waals surface area (Å²) in [6.45, 7) is 2.94. The van der Waals surface area contributed by atoms with Crippen LogP contribution >= 0.6 is 0 Å². The molecule has 1 saturated heterocycles. The van der Waals surface area contributed by atoms with Crippen LogP contribution in [-0.2, 0) is 13.6 Å². The van der Waals surface area contributed by atoms with Crippen LogP contribution in [-0.4, -0.2) is 59.8 Å². The van der Waals surface area contributed by atoms with Gasteiger partial charge in [0.15, 0.2) is 0 Å². The minimum atomic E-state index is 0.0256. The van der Waals surface area contributed by atoms with E-state index < -0.39 is 0 Å². The number of nitrogens with zero attached hydrogens (tertiary/aromatic N) is 4. The number of carbonyl (C=O) groups excluding carboxylic acids is 1. The van der Waals surface area contributed by atoms with Crippen molar-refractivity contribution in [2.24, 2.45) is 7.05 Å². The molecule has 7 heteroatoms. The van der Waals surface area contributed by atoms with Crippen molar-refractivity contribution < 1.29 is 4.79 Å². The van der Waals surface area contributed by atoms with E-state index in [-0.39, 0.29) is 6.03 Å². The van der Waals surface area contributed by atoms with Crippen LogP contribution in [0.5, 0.6) is 0 Å². The summed E-state index contributed by atoms with van der Waals surface area (Å²) in [7, 11) is 6.10. The number of urea groups is 1. The van der Waals surface area contributed by atoms with Crippen LogP contribution in [0.15, 0.2) is 6.20 Å². The quantitative estimate of drug-likeness (QED) is 0.842. The maximum Gasteiger partial charge on any atom is 0.315 e. The summed E-state index contributed by atoms with van der Waals surface area (Å²) in [5, 5.41) is 6.34. The third-order valence-electron chi connectivity index (χ3n) is 5.71. The van der Waals surface area contributed by atoms with E-state index in [0.717, 1.165) is 51.3 Å². The van der Waals surface area contributed by atoms with Crippen LogP contribution < -0.4 is 15.5 Å². The smallest absolute Gasteiger partial charge is 0.315 e. The lowest BCUT2D eigenvalue weighted by Crippen LogP contribution is -2.50. The molecular weight excluding hydrogens is 328 g/mol. The first-order valence-corrected chi connectivity index (χ1v) is 10.00. The number of rotatable bonds is 5. The fourth-order valence-electron chi connectivity index (χ4n) is 4.12. The van der Waals surface area contributed by atoms with Gasteiger partial charge in [0, 0.05) is 52.9 Å². The molecule has 0 unspecified atom stereocenters. The van der Waals surface area contributed by atoms with Gasteiger partial charge in [0.25, 0.3) is 0 Å².